The zero-order valence-corrected chi connectivity index (χ0v) is 19.8. The van der Waals surface area contributed by atoms with E-state index in [0.717, 1.165) is 50.2 Å². The first kappa shape index (κ1) is 22.5. The highest BCUT2D eigenvalue weighted by molar-refractivity contribution is 6.74. The van der Waals surface area contributed by atoms with Crippen molar-refractivity contribution in [3.63, 3.8) is 0 Å². The van der Waals surface area contributed by atoms with Crippen LogP contribution in [0.25, 0.3) is 0 Å². The van der Waals surface area contributed by atoms with Gasteiger partial charge < -0.3 is 18.6 Å². The average Bonchev–Trinajstić information content (AvgIpc) is 2.70. The zero-order valence-electron chi connectivity index (χ0n) is 18.8. The van der Waals surface area contributed by atoms with Gasteiger partial charge in [-0.25, -0.2) is 0 Å². The van der Waals surface area contributed by atoms with E-state index in [1.165, 1.54) is 0 Å². The minimum absolute atomic E-state index is 0.0387. The molecule has 4 nitrogen and oxygen atoms in total. The van der Waals surface area contributed by atoms with Gasteiger partial charge in [0, 0.05) is 6.61 Å². The zero-order chi connectivity index (χ0) is 20.9. The molecule has 0 saturated carbocycles. The molecule has 3 rings (SSSR count). The summed E-state index contributed by atoms with van der Waals surface area (Å²) in [6.45, 7) is 13.5. The summed E-state index contributed by atoms with van der Waals surface area (Å²) < 4.78 is 25.6. The standard InChI is InChI=1S/C24H38O4Si/c1-24(2,3)29(4,5)28-21-15-11-17-26-23(21)22(20-14-9-10-16-25-20)27-18-19-12-7-6-8-13-19/h6-8,12-14,21-23H,9-11,15-18H2,1-5H3/t21-,22+,23-/m0/s1. The summed E-state index contributed by atoms with van der Waals surface area (Å²) in [6, 6.07) is 10.3. The van der Waals surface area contributed by atoms with Crippen LogP contribution in [0.2, 0.25) is 18.1 Å². The van der Waals surface area contributed by atoms with E-state index in [4.69, 9.17) is 18.6 Å². The molecule has 0 bridgehead atoms. The minimum atomic E-state index is -1.91. The molecule has 162 valence electrons. The molecular formula is C24H38O4Si. The molecule has 1 aromatic carbocycles. The van der Waals surface area contributed by atoms with Crippen molar-refractivity contribution < 1.29 is 18.6 Å². The maximum Gasteiger partial charge on any atom is 0.192 e. The van der Waals surface area contributed by atoms with Crippen LogP contribution < -0.4 is 0 Å². The summed E-state index contributed by atoms with van der Waals surface area (Å²) in [4.78, 5) is 0. The molecule has 29 heavy (non-hydrogen) atoms. The fourth-order valence-corrected chi connectivity index (χ4v) is 4.98. The fraction of sp³-hybridized carbons (Fsp3) is 0.667. The first-order valence-corrected chi connectivity index (χ1v) is 14.0. The molecule has 0 unspecified atom stereocenters. The third-order valence-corrected chi connectivity index (χ3v) is 10.9. The van der Waals surface area contributed by atoms with Gasteiger partial charge in [0.1, 0.15) is 18.0 Å². The van der Waals surface area contributed by atoms with Crippen molar-refractivity contribution in [3.05, 3.63) is 47.7 Å². The predicted octanol–water partition coefficient (Wildman–Crippen LogP) is 5.84. The van der Waals surface area contributed by atoms with Gasteiger partial charge in [0.05, 0.1) is 19.3 Å². The van der Waals surface area contributed by atoms with Gasteiger partial charge in [0.15, 0.2) is 8.32 Å². The molecule has 1 aromatic rings. The summed E-state index contributed by atoms with van der Waals surface area (Å²) in [5.74, 6) is 0.919. The Hall–Kier alpha value is -1.14. The van der Waals surface area contributed by atoms with E-state index in [-0.39, 0.29) is 23.4 Å². The maximum absolute atomic E-state index is 6.83. The second-order valence-corrected chi connectivity index (χ2v) is 14.5. The van der Waals surface area contributed by atoms with Gasteiger partial charge in [-0.05, 0) is 55.5 Å². The van der Waals surface area contributed by atoms with Crippen molar-refractivity contribution >= 4 is 8.32 Å². The lowest BCUT2D eigenvalue weighted by Gasteiger charge is -2.44. The third kappa shape index (κ3) is 5.94. The number of ether oxygens (including phenoxy) is 3. The van der Waals surface area contributed by atoms with Crippen molar-refractivity contribution in [1.29, 1.82) is 0 Å². The molecule has 2 heterocycles. The molecule has 0 spiro atoms. The molecule has 1 fully saturated rings. The molecule has 2 aliphatic rings. The summed E-state index contributed by atoms with van der Waals surface area (Å²) in [5, 5.41) is 0.163. The molecule has 0 radical (unpaired) electrons. The Morgan fingerprint density at radius 2 is 1.86 bits per heavy atom. The molecule has 0 aliphatic carbocycles. The highest BCUT2D eigenvalue weighted by Gasteiger charge is 2.44. The number of rotatable bonds is 7. The maximum atomic E-state index is 6.83. The second-order valence-electron chi connectivity index (χ2n) is 9.71. The van der Waals surface area contributed by atoms with Gasteiger partial charge in [-0.15, -0.1) is 0 Å². The van der Waals surface area contributed by atoms with Crippen molar-refractivity contribution in [3.8, 4) is 0 Å². The van der Waals surface area contributed by atoms with Gasteiger partial charge in [-0.3, -0.25) is 0 Å². The largest absolute Gasteiger partial charge is 0.495 e. The lowest BCUT2D eigenvalue weighted by atomic mass is 9.98. The molecule has 0 N–H and O–H groups in total. The van der Waals surface area contributed by atoms with E-state index in [9.17, 15) is 0 Å². The summed E-state index contributed by atoms with van der Waals surface area (Å²) in [7, 11) is -1.91. The minimum Gasteiger partial charge on any atom is -0.495 e. The highest BCUT2D eigenvalue weighted by Crippen LogP contribution is 2.40. The quantitative estimate of drug-likeness (QED) is 0.522. The number of hydrogen-bond donors (Lipinski definition) is 0. The van der Waals surface area contributed by atoms with Crippen LogP contribution in [-0.2, 0) is 25.2 Å². The summed E-state index contributed by atoms with van der Waals surface area (Å²) in [5.41, 5.74) is 1.16. The van der Waals surface area contributed by atoms with Crippen LogP contribution in [0.4, 0.5) is 0 Å². The van der Waals surface area contributed by atoms with E-state index >= 15 is 0 Å². The number of benzene rings is 1. The van der Waals surface area contributed by atoms with Crippen molar-refractivity contribution in [2.75, 3.05) is 13.2 Å². The Kier molecular flexibility index (Phi) is 7.60. The van der Waals surface area contributed by atoms with Crippen LogP contribution in [0, 0.1) is 0 Å². The Morgan fingerprint density at radius 3 is 2.52 bits per heavy atom. The van der Waals surface area contributed by atoms with Crippen LogP contribution in [0.3, 0.4) is 0 Å². The van der Waals surface area contributed by atoms with Gasteiger partial charge in [-0.2, -0.15) is 0 Å². The molecule has 2 aliphatic heterocycles. The van der Waals surface area contributed by atoms with E-state index in [2.05, 4.69) is 52.1 Å². The van der Waals surface area contributed by atoms with Crippen molar-refractivity contribution in [1.82, 2.24) is 0 Å². The number of allylic oxidation sites excluding steroid dienone is 1. The van der Waals surface area contributed by atoms with Crippen LogP contribution in [-0.4, -0.2) is 39.8 Å². The smallest absolute Gasteiger partial charge is 0.192 e. The van der Waals surface area contributed by atoms with Gasteiger partial charge in [0.25, 0.3) is 0 Å². The normalized spacial score (nSPS) is 24.5. The predicted molar refractivity (Wildman–Crippen MR) is 119 cm³/mol. The van der Waals surface area contributed by atoms with Crippen molar-refractivity contribution in [2.45, 2.75) is 89.5 Å². The van der Waals surface area contributed by atoms with Gasteiger partial charge in [-0.1, -0.05) is 51.1 Å². The SMILES string of the molecule is CC(C)(C)[Si](C)(C)O[C@H]1CCCO[C@@H]1[C@H](OCc1ccccc1)C1=CCCCO1. The van der Waals surface area contributed by atoms with Crippen LogP contribution >= 0.6 is 0 Å². The lowest BCUT2D eigenvalue weighted by Crippen LogP contribution is -2.53. The molecular weight excluding hydrogens is 380 g/mol. The molecule has 0 amide bonds. The topological polar surface area (TPSA) is 36.9 Å². The van der Waals surface area contributed by atoms with E-state index in [0.29, 0.717) is 6.61 Å². The van der Waals surface area contributed by atoms with Crippen LogP contribution in [0.5, 0.6) is 0 Å². The monoisotopic (exact) mass is 418 g/mol. The number of hydrogen-bond acceptors (Lipinski definition) is 4. The summed E-state index contributed by atoms with van der Waals surface area (Å²) >= 11 is 0. The Bertz CT molecular complexity index is 665. The second kappa shape index (κ2) is 9.78. The Labute approximate surface area is 177 Å². The van der Waals surface area contributed by atoms with Crippen molar-refractivity contribution in [2.24, 2.45) is 0 Å². The lowest BCUT2D eigenvalue weighted by molar-refractivity contribution is -0.144. The highest BCUT2D eigenvalue weighted by atomic mass is 28.4. The summed E-state index contributed by atoms with van der Waals surface area (Å²) in [6.07, 6.45) is 5.98. The first-order chi connectivity index (χ1) is 13.8. The molecule has 5 heteroatoms. The van der Waals surface area contributed by atoms with Crippen LogP contribution in [0.1, 0.15) is 52.0 Å². The third-order valence-electron chi connectivity index (χ3n) is 6.38. The average molecular weight is 419 g/mol. The molecule has 1 saturated heterocycles. The molecule has 3 atom stereocenters. The van der Waals surface area contributed by atoms with E-state index in [1.807, 2.05) is 18.2 Å². The van der Waals surface area contributed by atoms with Crippen LogP contribution in [0.15, 0.2) is 42.2 Å². The van der Waals surface area contributed by atoms with E-state index in [1.54, 1.807) is 0 Å². The van der Waals surface area contributed by atoms with Gasteiger partial charge in [0.2, 0.25) is 0 Å². The Morgan fingerprint density at radius 1 is 1.10 bits per heavy atom. The molecule has 0 aromatic heterocycles. The Balaban J connectivity index is 1.80. The van der Waals surface area contributed by atoms with Gasteiger partial charge >= 0.3 is 0 Å². The first-order valence-electron chi connectivity index (χ1n) is 11.1. The fourth-order valence-electron chi connectivity index (χ4n) is 3.61. The van der Waals surface area contributed by atoms with E-state index < -0.39 is 8.32 Å².